The number of carbonyl (C=O) groups is 1. The van der Waals surface area contributed by atoms with Crippen molar-refractivity contribution in [3.05, 3.63) is 27.7 Å². The Balaban J connectivity index is 1.79. The van der Waals surface area contributed by atoms with E-state index in [4.69, 9.17) is 5.73 Å². The first-order chi connectivity index (χ1) is 9.47. The Bertz CT molecular complexity index is 503. The number of benzene rings is 1. The Morgan fingerprint density at radius 1 is 1.45 bits per heavy atom. The van der Waals surface area contributed by atoms with Gasteiger partial charge in [0, 0.05) is 22.0 Å². The van der Waals surface area contributed by atoms with Gasteiger partial charge in [0.25, 0.3) is 0 Å². The zero-order chi connectivity index (χ0) is 14.7. The summed E-state index contributed by atoms with van der Waals surface area (Å²) in [5.41, 5.74) is 8.35. The topological polar surface area (TPSA) is 55.1 Å². The van der Waals surface area contributed by atoms with E-state index < -0.39 is 0 Å². The molecule has 0 bridgehead atoms. The minimum absolute atomic E-state index is 0.0612. The molecule has 20 heavy (non-hydrogen) atoms. The average Bonchev–Trinajstić information content (AvgIpc) is 3.23. The van der Waals surface area contributed by atoms with Crippen LogP contribution in [0.25, 0.3) is 0 Å². The monoisotopic (exact) mass is 356 g/mol. The summed E-state index contributed by atoms with van der Waals surface area (Å²) in [4.78, 5) is 13.0. The third-order valence-corrected chi connectivity index (χ3v) is 5.59. The molecule has 3 nitrogen and oxygen atoms in total. The number of thioether (sulfide) groups is 1. The molecule has 1 aromatic carbocycles. The fourth-order valence-electron chi connectivity index (χ4n) is 2.03. The fraction of sp³-hybridized carbons (Fsp3) is 0.533. The molecular formula is C15H21BrN2OS. The van der Waals surface area contributed by atoms with Crippen LogP contribution in [0, 0.1) is 19.8 Å². The number of hydrogen-bond donors (Lipinski definition) is 2. The Kier molecular flexibility index (Phi) is 5.52. The second-order valence-electron chi connectivity index (χ2n) is 5.46. The van der Waals surface area contributed by atoms with E-state index in [0.29, 0.717) is 18.2 Å². The van der Waals surface area contributed by atoms with E-state index in [9.17, 15) is 4.79 Å². The zero-order valence-electron chi connectivity index (χ0n) is 11.9. The van der Waals surface area contributed by atoms with E-state index in [0.717, 1.165) is 9.37 Å². The molecule has 0 spiro atoms. The van der Waals surface area contributed by atoms with E-state index in [2.05, 4.69) is 47.2 Å². The standard InChI is InChI=1S/C15H21BrN2OS/c1-9-6-14(10(2)5-12(9)16)20-8-15(19)18-7-13(17)11-3-4-11/h5-6,11,13H,3-4,7-8,17H2,1-2H3,(H,18,19)/t13-/m1/s1. The van der Waals surface area contributed by atoms with E-state index >= 15 is 0 Å². The van der Waals surface area contributed by atoms with Crippen molar-refractivity contribution in [2.24, 2.45) is 11.7 Å². The number of amides is 1. The molecule has 1 fully saturated rings. The summed E-state index contributed by atoms with van der Waals surface area (Å²) in [7, 11) is 0. The quantitative estimate of drug-likeness (QED) is 0.770. The summed E-state index contributed by atoms with van der Waals surface area (Å²) in [6, 6.07) is 4.34. The highest BCUT2D eigenvalue weighted by atomic mass is 79.9. The summed E-state index contributed by atoms with van der Waals surface area (Å²) >= 11 is 5.10. The van der Waals surface area contributed by atoms with Crippen LogP contribution in [-0.4, -0.2) is 24.2 Å². The van der Waals surface area contributed by atoms with E-state index in [1.54, 1.807) is 11.8 Å². The molecule has 1 saturated carbocycles. The van der Waals surface area contributed by atoms with Gasteiger partial charge in [-0.15, -0.1) is 11.8 Å². The minimum atomic E-state index is 0.0612. The second kappa shape index (κ2) is 6.96. The van der Waals surface area contributed by atoms with Crippen LogP contribution in [0.2, 0.25) is 0 Å². The lowest BCUT2D eigenvalue weighted by Gasteiger charge is -2.12. The van der Waals surface area contributed by atoms with Gasteiger partial charge in [0.2, 0.25) is 5.91 Å². The highest BCUT2D eigenvalue weighted by Crippen LogP contribution is 2.31. The van der Waals surface area contributed by atoms with Gasteiger partial charge in [0.05, 0.1) is 5.75 Å². The van der Waals surface area contributed by atoms with Crippen LogP contribution in [0.5, 0.6) is 0 Å². The molecule has 0 radical (unpaired) electrons. The third-order valence-electron chi connectivity index (χ3n) is 3.58. The number of nitrogens with one attached hydrogen (secondary N) is 1. The molecule has 0 aromatic heterocycles. The van der Waals surface area contributed by atoms with Gasteiger partial charge in [-0.25, -0.2) is 0 Å². The molecule has 1 aliphatic carbocycles. The summed E-state index contributed by atoms with van der Waals surface area (Å²) in [6.45, 7) is 4.72. The predicted molar refractivity (Wildman–Crippen MR) is 88.0 cm³/mol. The largest absolute Gasteiger partial charge is 0.354 e. The summed E-state index contributed by atoms with van der Waals surface area (Å²) in [6.07, 6.45) is 2.42. The summed E-state index contributed by atoms with van der Waals surface area (Å²) < 4.78 is 1.11. The molecule has 1 amide bonds. The molecule has 1 aromatic rings. The smallest absolute Gasteiger partial charge is 0.230 e. The number of aryl methyl sites for hydroxylation is 2. The molecule has 2 rings (SSSR count). The molecule has 1 aliphatic rings. The maximum atomic E-state index is 11.8. The molecule has 0 saturated heterocycles. The number of rotatable bonds is 6. The first kappa shape index (κ1) is 15.9. The van der Waals surface area contributed by atoms with Crippen LogP contribution in [0.15, 0.2) is 21.5 Å². The SMILES string of the molecule is Cc1cc(SCC(=O)NC[C@@H](N)C2CC2)c(C)cc1Br. The number of nitrogens with two attached hydrogens (primary N) is 1. The molecular weight excluding hydrogens is 336 g/mol. The van der Waals surface area contributed by atoms with Gasteiger partial charge in [-0.2, -0.15) is 0 Å². The average molecular weight is 357 g/mol. The summed E-state index contributed by atoms with van der Waals surface area (Å²) in [5, 5.41) is 2.93. The van der Waals surface area contributed by atoms with Crippen molar-refractivity contribution in [2.75, 3.05) is 12.3 Å². The Labute approximate surface area is 133 Å². The number of hydrogen-bond acceptors (Lipinski definition) is 3. The van der Waals surface area contributed by atoms with Crippen LogP contribution in [-0.2, 0) is 4.79 Å². The van der Waals surface area contributed by atoms with Crippen molar-refractivity contribution in [1.82, 2.24) is 5.32 Å². The normalized spacial score (nSPS) is 16.0. The molecule has 110 valence electrons. The molecule has 0 aliphatic heterocycles. The van der Waals surface area contributed by atoms with Crippen molar-refractivity contribution in [1.29, 1.82) is 0 Å². The van der Waals surface area contributed by atoms with Gasteiger partial charge in [0.1, 0.15) is 0 Å². The predicted octanol–water partition coefficient (Wildman–Crippen LogP) is 3.01. The van der Waals surface area contributed by atoms with Crippen LogP contribution in [0.4, 0.5) is 0 Å². The second-order valence-corrected chi connectivity index (χ2v) is 7.33. The van der Waals surface area contributed by atoms with E-state index in [1.807, 2.05) is 0 Å². The first-order valence-electron chi connectivity index (χ1n) is 6.89. The van der Waals surface area contributed by atoms with Crippen LogP contribution < -0.4 is 11.1 Å². The Hall–Kier alpha value is -0.520. The van der Waals surface area contributed by atoms with E-state index in [1.165, 1.54) is 24.0 Å². The maximum Gasteiger partial charge on any atom is 0.230 e. The fourth-order valence-corrected chi connectivity index (χ4v) is 3.42. The molecule has 1 atom stereocenters. The molecule has 5 heteroatoms. The highest BCUT2D eigenvalue weighted by Gasteiger charge is 2.28. The minimum Gasteiger partial charge on any atom is -0.354 e. The molecule has 0 unspecified atom stereocenters. The van der Waals surface area contributed by atoms with Crippen molar-refractivity contribution < 1.29 is 4.79 Å². The van der Waals surface area contributed by atoms with Crippen LogP contribution in [0.1, 0.15) is 24.0 Å². The van der Waals surface area contributed by atoms with Crippen molar-refractivity contribution >= 4 is 33.6 Å². The Morgan fingerprint density at radius 2 is 2.15 bits per heavy atom. The van der Waals surface area contributed by atoms with Gasteiger partial charge >= 0.3 is 0 Å². The third kappa shape index (κ3) is 4.50. The van der Waals surface area contributed by atoms with Gasteiger partial charge in [0.15, 0.2) is 0 Å². The zero-order valence-corrected chi connectivity index (χ0v) is 14.3. The van der Waals surface area contributed by atoms with Crippen molar-refractivity contribution in [3.8, 4) is 0 Å². The number of halogens is 1. The van der Waals surface area contributed by atoms with Gasteiger partial charge < -0.3 is 11.1 Å². The highest BCUT2D eigenvalue weighted by molar-refractivity contribution is 9.10. The van der Waals surface area contributed by atoms with Gasteiger partial charge in [-0.1, -0.05) is 15.9 Å². The number of carbonyl (C=O) groups excluding carboxylic acids is 1. The van der Waals surface area contributed by atoms with Crippen molar-refractivity contribution in [3.63, 3.8) is 0 Å². The van der Waals surface area contributed by atoms with Crippen molar-refractivity contribution in [2.45, 2.75) is 37.6 Å². The van der Waals surface area contributed by atoms with Gasteiger partial charge in [-0.05, 0) is 55.9 Å². The van der Waals surface area contributed by atoms with Gasteiger partial charge in [-0.3, -0.25) is 4.79 Å². The molecule has 0 heterocycles. The Morgan fingerprint density at radius 3 is 2.80 bits per heavy atom. The van der Waals surface area contributed by atoms with Crippen LogP contribution in [0.3, 0.4) is 0 Å². The lowest BCUT2D eigenvalue weighted by Crippen LogP contribution is -2.39. The lowest BCUT2D eigenvalue weighted by molar-refractivity contribution is -0.118. The summed E-state index contributed by atoms with van der Waals surface area (Å²) in [5.74, 6) is 1.13. The molecule has 3 N–H and O–H groups in total. The lowest BCUT2D eigenvalue weighted by atomic mass is 10.2. The maximum absolute atomic E-state index is 11.8. The van der Waals surface area contributed by atoms with E-state index in [-0.39, 0.29) is 11.9 Å². The van der Waals surface area contributed by atoms with Crippen LogP contribution >= 0.6 is 27.7 Å². The first-order valence-corrected chi connectivity index (χ1v) is 8.67.